The Morgan fingerprint density at radius 2 is 1.97 bits per heavy atom. The normalized spacial score (nSPS) is 11.9. The Kier molecular flexibility index (Phi) is 5.02. The lowest BCUT2D eigenvalue weighted by Crippen LogP contribution is -2.43. The molecule has 4 aromatic rings. The summed E-state index contributed by atoms with van der Waals surface area (Å²) in [5.41, 5.74) is 2.71. The number of H-pyrrole nitrogens is 1. The molecule has 2 aromatic carbocycles. The number of para-hydroxylation sites is 2. The van der Waals surface area contributed by atoms with Crippen LogP contribution in [0.2, 0.25) is 0 Å². The van der Waals surface area contributed by atoms with Gasteiger partial charge < -0.3 is 15.0 Å². The second-order valence-electron chi connectivity index (χ2n) is 6.38. The lowest BCUT2D eigenvalue weighted by molar-refractivity contribution is -0.142. The minimum atomic E-state index is -0.853. The first-order valence-corrected chi connectivity index (χ1v) is 8.93. The fourth-order valence-electron chi connectivity index (χ4n) is 3.23. The van der Waals surface area contributed by atoms with Crippen LogP contribution in [0.3, 0.4) is 0 Å². The molecule has 4 rings (SSSR count). The maximum absolute atomic E-state index is 13.0. The number of tetrazole rings is 1. The molecule has 2 aromatic heterocycles. The zero-order valence-corrected chi connectivity index (χ0v) is 15.6. The molecule has 9 heteroatoms. The molecule has 1 amide bonds. The maximum atomic E-state index is 13.0. The van der Waals surface area contributed by atoms with Gasteiger partial charge in [-0.25, -0.2) is 4.79 Å². The second kappa shape index (κ2) is 7.93. The van der Waals surface area contributed by atoms with Crippen LogP contribution in [-0.4, -0.2) is 50.2 Å². The number of ether oxygens (including phenoxy) is 1. The van der Waals surface area contributed by atoms with Gasteiger partial charge in [0.2, 0.25) is 0 Å². The van der Waals surface area contributed by atoms with E-state index in [-0.39, 0.29) is 6.42 Å². The number of benzene rings is 2. The van der Waals surface area contributed by atoms with Gasteiger partial charge in [-0.2, -0.15) is 4.68 Å². The van der Waals surface area contributed by atoms with Gasteiger partial charge in [0, 0.05) is 23.5 Å². The molecule has 0 aliphatic heterocycles. The lowest BCUT2D eigenvalue weighted by Gasteiger charge is -2.17. The van der Waals surface area contributed by atoms with E-state index in [9.17, 15) is 9.59 Å². The predicted molar refractivity (Wildman–Crippen MR) is 104 cm³/mol. The monoisotopic (exact) mass is 390 g/mol. The van der Waals surface area contributed by atoms with Gasteiger partial charge in [0.05, 0.1) is 18.4 Å². The largest absolute Gasteiger partial charge is 0.467 e. The Bertz CT molecular complexity index is 1150. The fraction of sp³-hybridized carbons (Fsp3) is 0.150. The highest BCUT2D eigenvalue weighted by Crippen LogP contribution is 2.20. The number of methoxy groups -OCH3 is 1. The second-order valence-corrected chi connectivity index (χ2v) is 6.38. The SMILES string of the molecule is COC(=O)C(Cc1c[nH]c2ccccc12)NC(=O)c1ccccc1-n1cnnn1. The molecule has 2 N–H and O–H groups in total. The van der Waals surface area contributed by atoms with Gasteiger partial charge in [0.1, 0.15) is 12.4 Å². The van der Waals surface area contributed by atoms with Gasteiger partial charge in [-0.1, -0.05) is 30.3 Å². The molecule has 0 aliphatic rings. The number of amides is 1. The van der Waals surface area contributed by atoms with Crippen molar-refractivity contribution in [3.05, 3.63) is 72.2 Å². The average molecular weight is 390 g/mol. The van der Waals surface area contributed by atoms with Crippen molar-refractivity contribution >= 4 is 22.8 Å². The van der Waals surface area contributed by atoms with Crippen LogP contribution >= 0.6 is 0 Å². The highest BCUT2D eigenvalue weighted by molar-refractivity contribution is 6.00. The van der Waals surface area contributed by atoms with Crippen LogP contribution in [0.4, 0.5) is 0 Å². The topological polar surface area (TPSA) is 115 Å². The van der Waals surface area contributed by atoms with E-state index < -0.39 is 17.9 Å². The van der Waals surface area contributed by atoms with E-state index in [2.05, 4.69) is 25.8 Å². The van der Waals surface area contributed by atoms with Crippen LogP contribution in [-0.2, 0) is 16.0 Å². The fourth-order valence-corrected chi connectivity index (χ4v) is 3.23. The summed E-state index contributed by atoms with van der Waals surface area (Å²) < 4.78 is 6.30. The number of hydrogen-bond acceptors (Lipinski definition) is 6. The summed E-state index contributed by atoms with van der Waals surface area (Å²) in [6, 6.07) is 13.8. The van der Waals surface area contributed by atoms with Crippen LogP contribution in [0, 0.1) is 0 Å². The smallest absolute Gasteiger partial charge is 0.328 e. The zero-order valence-electron chi connectivity index (χ0n) is 15.6. The van der Waals surface area contributed by atoms with E-state index >= 15 is 0 Å². The number of nitrogens with one attached hydrogen (secondary N) is 2. The van der Waals surface area contributed by atoms with E-state index in [1.54, 1.807) is 24.3 Å². The summed E-state index contributed by atoms with van der Waals surface area (Å²) in [6.07, 6.45) is 3.52. The van der Waals surface area contributed by atoms with Crippen LogP contribution < -0.4 is 5.32 Å². The molecule has 1 atom stereocenters. The Morgan fingerprint density at radius 3 is 2.76 bits per heavy atom. The molecule has 146 valence electrons. The van der Waals surface area contributed by atoms with Gasteiger partial charge in [-0.15, -0.1) is 5.10 Å². The number of fused-ring (bicyclic) bond motifs is 1. The zero-order chi connectivity index (χ0) is 20.2. The molecule has 0 spiro atoms. The standard InChI is InChI=1S/C20H18N6O3/c1-29-20(28)17(10-13-11-21-16-8-4-2-6-14(13)16)23-19(27)15-7-3-5-9-18(15)26-12-22-24-25-26/h2-9,11-12,17,21H,10H2,1H3,(H,23,27). The third kappa shape index (κ3) is 3.70. The van der Waals surface area contributed by atoms with E-state index in [4.69, 9.17) is 4.74 Å². The first-order valence-electron chi connectivity index (χ1n) is 8.93. The number of carbonyl (C=O) groups is 2. The molecule has 0 aliphatic carbocycles. The third-order valence-electron chi connectivity index (χ3n) is 4.63. The number of nitrogens with zero attached hydrogens (tertiary/aromatic N) is 4. The maximum Gasteiger partial charge on any atom is 0.328 e. The van der Waals surface area contributed by atoms with Gasteiger partial charge in [0.15, 0.2) is 0 Å². The van der Waals surface area contributed by atoms with Crippen molar-refractivity contribution in [2.24, 2.45) is 0 Å². The van der Waals surface area contributed by atoms with Crippen molar-refractivity contribution in [2.45, 2.75) is 12.5 Å². The van der Waals surface area contributed by atoms with Crippen LogP contribution in [0.5, 0.6) is 0 Å². The summed E-state index contributed by atoms with van der Waals surface area (Å²) in [5.74, 6) is -0.949. The first-order chi connectivity index (χ1) is 14.2. The molecule has 9 nitrogen and oxygen atoms in total. The van der Waals surface area contributed by atoms with E-state index in [1.807, 2.05) is 30.5 Å². The Hall–Kier alpha value is -4.01. The molecule has 0 saturated heterocycles. The summed E-state index contributed by atoms with van der Waals surface area (Å²) in [7, 11) is 1.30. The van der Waals surface area contributed by atoms with Crippen LogP contribution in [0.1, 0.15) is 15.9 Å². The number of aromatic amines is 1. The van der Waals surface area contributed by atoms with Crippen molar-refractivity contribution < 1.29 is 14.3 Å². The summed E-state index contributed by atoms with van der Waals surface area (Å²) in [4.78, 5) is 28.5. The molecule has 0 bridgehead atoms. The van der Waals surface area contributed by atoms with Crippen molar-refractivity contribution in [3.63, 3.8) is 0 Å². The summed E-state index contributed by atoms with van der Waals surface area (Å²) in [5, 5.41) is 14.8. The van der Waals surface area contributed by atoms with E-state index in [0.717, 1.165) is 16.5 Å². The Morgan fingerprint density at radius 1 is 1.17 bits per heavy atom. The van der Waals surface area contributed by atoms with Crippen LogP contribution in [0.25, 0.3) is 16.6 Å². The van der Waals surface area contributed by atoms with Crippen molar-refractivity contribution in [3.8, 4) is 5.69 Å². The Balaban J connectivity index is 1.61. The predicted octanol–water partition coefficient (Wildman–Crippen LogP) is 1.66. The first kappa shape index (κ1) is 18.4. The quantitative estimate of drug-likeness (QED) is 0.484. The summed E-state index contributed by atoms with van der Waals surface area (Å²) >= 11 is 0. The van der Waals surface area contributed by atoms with Crippen molar-refractivity contribution in [2.75, 3.05) is 7.11 Å². The molecule has 2 heterocycles. The number of aromatic nitrogens is 5. The van der Waals surface area contributed by atoms with Crippen molar-refractivity contribution in [1.29, 1.82) is 0 Å². The van der Waals surface area contributed by atoms with Gasteiger partial charge >= 0.3 is 5.97 Å². The number of hydrogen-bond donors (Lipinski definition) is 2. The minimum Gasteiger partial charge on any atom is -0.467 e. The minimum absolute atomic E-state index is 0.287. The van der Waals surface area contributed by atoms with Gasteiger partial charge in [0.25, 0.3) is 5.91 Å². The molecule has 0 fully saturated rings. The molecule has 1 unspecified atom stereocenters. The Labute approximate surface area is 165 Å². The highest BCUT2D eigenvalue weighted by Gasteiger charge is 2.25. The third-order valence-corrected chi connectivity index (χ3v) is 4.63. The highest BCUT2D eigenvalue weighted by atomic mass is 16.5. The van der Waals surface area contributed by atoms with Gasteiger partial charge in [-0.3, -0.25) is 4.79 Å². The average Bonchev–Trinajstić information content (AvgIpc) is 3.43. The molecular weight excluding hydrogens is 372 g/mol. The van der Waals surface area contributed by atoms with Gasteiger partial charge in [-0.05, 0) is 34.2 Å². The molecular formula is C20H18N6O3. The molecule has 0 saturated carbocycles. The number of esters is 1. The number of carbonyl (C=O) groups excluding carboxylic acids is 2. The van der Waals surface area contributed by atoms with Crippen molar-refractivity contribution in [1.82, 2.24) is 30.5 Å². The van der Waals surface area contributed by atoms with E-state index in [0.29, 0.717) is 11.3 Å². The van der Waals surface area contributed by atoms with Crippen LogP contribution in [0.15, 0.2) is 61.1 Å². The van der Waals surface area contributed by atoms with E-state index in [1.165, 1.54) is 18.1 Å². The number of rotatable bonds is 6. The molecule has 29 heavy (non-hydrogen) atoms. The molecule has 0 radical (unpaired) electrons. The summed E-state index contributed by atoms with van der Waals surface area (Å²) in [6.45, 7) is 0. The lowest BCUT2D eigenvalue weighted by atomic mass is 10.0.